The first kappa shape index (κ1) is 20.3. The monoisotopic (exact) mass is 443 g/mol. The van der Waals surface area contributed by atoms with E-state index in [1.807, 2.05) is 13.0 Å². The number of rotatable bonds is 5. The number of aromatic hydroxyl groups is 1. The van der Waals surface area contributed by atoms with Crippen LogP contribution in [0.25, 0.3) is 21.7 Å². The summed E-state index contributed by atoms with van der Waals surface area (Å²) < 4.78 is 27.7. The first-order valence-electron chi connectivity index (χ1n) is 10.4. The van der Waals surface area contributed by atoms with Crippen LogP contribution in [0, 0.1) is 12.7 Å². The number of phenolic OH excluding ortho intramolecular Hbond substituents is 1. The summed E-state index contributed by atoms with van der Waals surface area (Å²) in [6, 6.07) is 6.88. The lowest BCUT2D eigenvalue weighted by Gasteiger charge is -2.33. The van der Waals surface area contributed by atoms with Crippen molar-refractivity contribution in [3.05, 3.63) is 41.3 Å². The minimum Gasteiger partial charge on any atom is -0.507 e. The zero-order valence-electron chi connectivity index (χ0n) is 17.1. The average Bonchev–Trinajstić information content (AvgIpc) is 3.38. The van der Waals surface area contributed by atoms with E-state index in [1.165, 1.54) is 23.5 Å². The Labute approximate surface area is 183 Å². The van der Waals surface area contributed by atoms with E-state index in [0.717, 1.165) is 30.3 Å². The third-order valence-electron chi connectivity index (χ3n) is 5.96. The molecule has 1 aromatic carbocycles. The van der Waals surface area contributed by atoms with Gasteiger partial charge in [-0.3, -0.25) is 0 Å². The maximum absolute atomic E-state index is 14.7. The van der Waals surface area contributed by atoms with E-state index >= 15 is 0 Å². The van der Waals surface area contributed by atoms with Crippen molar-refractivity contribution in [3.8, 4) is 27.4 Å². The lowest BCUT2D eigenvalue weighted by molar-refractivity contribution is 0.148. The van der Waals surface area contributed by atoms with Gasteiger partial charge in [0.1, 0.15) is 17.7 Å². The van der Waals surface area contributed by atoms with Gasteiger partial charge in [0.2, 0.25) is 0 Å². The molecule has 1 aliphatic heterocycles. The lowest BCUT2D eigenvalue weighted by atomic mass is 9.90. The molecule has 0 spiro atoms. The molecule has 162 valence electrons. The molecule has 1 saturated carbocycles. The lowest BCUT2D eigenvalue weighted by Crippen LogP contribution is -2.48. The highest BCUT2D eigenvalue weighted by atomic mass is 32.1. The molecular formula is C22H23F2N5OS. The number of thiazole rings is 1. The van der Waals surface area contributed by atoms with Crippen LogP contribution in [-0.2, 0) is 0 Å². The molecule has 1 atom stereocenters. The number of anilines is 1. The minimum absolute atomic E-state index is 0.0541. The van der Waals surface area contributed by atoms with Crippen LogP contribution in [0.15, 0.2) is 30.5 Å². The van der Waals surface area contributed by atoms with Crippen molar-refractivity contribution in [3.63, 3.8) is 0 Å². The third-order valence-corrected chi connectivity index (χ3v) is 6.91. The average molecular weight is 444 g/mol. The van der Waals surface area contributed by atoms with Crippen LogP contribution in [0.4, 0.5) is 14.6 Å². The number of aromatic nitrogens is 3. The number of nitrogens with zero attached hydrogens (tertiary/aromatic N) is 4. The summed E-state index contributed by atoms with van der Waals surface area (Å²) >= 11 is 1.37. The number of hydrogen-bond donors (Lipinski definition) is 2. The molecule has 0 bridgehead atoms. The molecule has 2 aliphatic rings. The molecule has 2 aromatic heterocycles. The second-order valence-electron chi connectivity index (χ2n) is 8.23. The zero-order valence-corrected chi connectivity index (χ0v) is 17.9. The summed E-state index contributed by atoms with van der Waals surface area (Å²) in [5.41, 5.74) is 1.02. The Bertz CT molecular complexity index is 1080. The van der Waals surface area contributed by atoms with E-state index in [4.69, 9.17) is 0 Å². The van der Waals surface area contributed by atoms with Crippen molar-refractivity contribution in [2.75, 3.05) is 18.0 Å². The molecular weight excluding hydrogens is 420 g/mol. The Balaban J connectivity index is 1.29. The first-order valence-corrected chi connectivity index (χ1v) is 11.2. The maximum Gasteiger partial charge on any atom is 0.151 e. The third kappa shape index (κ3) is 4.12. The fraction of sp³-hybridized carbons (Fsp3) is 0.409. The van der Waals surface area contributed by atoms with E-state index in [0.29, 0.717) is 40.6 Å². The van der Waals surface area contributed by atoms with Crippen molar-refractivity contribution < 1.29 is 13.9 Å². The number of nitrogens with one attached hydrogen (secondary N) is 1. The fourth-order valence-electron chi connectivity index (χ4n) is 4.20. The van der Waals surface area contributed by atoms with Gasteiger partial charge in [0.05, 0.1) is 15.6 Å². The molecule has 3 heterocycles. The van der Waals surface area contributed by atoms with Crippen LogP contribution < -0.4 is 10.2 Å². The number of phenols is 1. The van der Waals surface area contributed by atoms with Gasteiger partial charge in [0.25, 0.3) is 0 Å². The smallest absolute Gasteiger partial charge is 0.151 e. The van der Waals surface area contributed by atoms with Crippen LogP contribution in [0.2, 0.25) is 0 Å². The standard InChI is InChI=1S/C22H23F2N5OS/c1-12-25-10-21(31-12)16-9-20(30)17(8-18(16)24)19-2-3-22(28-27-19)29-5-4-14(11-29)26-15-6-13(23)7-15/h2-3,8-10,13-15,26,30H,4-7,11H2,1H3/t13-,14?,15-. The first-order chi connectivity index (χ1) is 15.0. The Morgan fingerprint density at radius 1 is 1.16 bits per heavy atom. The van der Waals surface area contributed by atoms with Crippen molar-refractivity contribution in [1.29, 1.82) is 0 Å². The van der Waals surface area contributed by atoms with Crippen molar-refractivity contribution in [2.45, 2.75) is 44.4 Å². The van der Waals surface area contributed by atoms with E-state index in [-0.39, 0.29) is 11.8 Å². The highest BCUT2D eigenvalue weighted by Gasteiger charge is 2.33. The molecule has 6 nitrogen and oxygen atoms in total. The van der Waals surface area contributed by atoms with Gasteiger partial charge in [0, 0.05) is 42.5 Å². The summed E-state index contributed by atoms with van der Waals surface area (Å²) in [5, 5.41) is 23.4. The van der Waals surface area contributed by atoms with Gasteiger partial charge in [-0.1, -0.05) is 0 Å². The Morgan fingerprint density at radius 2 is 2.00 bits per heavy atom. The molecule has 31 heavy (non-hydrogen) atoms. The normalized spacial score (nSPS) is 23.2. The van der Waals surface area contributed by atoms with Crippen LogP contribution in [-0.4, -0.2) is 51.6 Å². The minimum atomic E-state index is -0.658. The summed E-state index contributed by atoms with van der Waals surface area (Å²) in [4.78, 5) is 6.95. The predicted octanol–water partition coefficient (Wildman–Crippen LogP) is 4.09. The van der Waals surface area contributed by atoms with E-state index in [2.05, 4.69) is 25.4 Å². The predicted molar refractivity (Wildman–Crippen MR) is 117 cm³/mol. The second kappa shape index (κ2) is 8.12. The number of aryl methyl sites for hydroxylation is 1. The molecule has 1 aliphatic carbocycles. The van der Waals surface area contributed by atoms with Gasteiger partial charge in [-0.25, -0.2) is 13.8 Å². The topological polar surface area (TPSA) is 74.2 Å². The summed E-state index contributed by atoms with van der Waals surface area (Å²) in [6.07, 6.45) is 3.13. The van der Waals surface area contributed by atoms with Crippen LogP contribution >= 0.6 is 11.3 Å². The van der Waals surface area contributed by atoms with Crippen LogP contribution in [0.3, 0.4) is 0 Å². The molecule has 5 rings (SSSR count). The van der Waals surface area contributed by atoms with Crippen molar-refractivity contribution in [1.82, 2.24) is 20.5 Å². The number of hydrogen-bond acceptors (Lipinski definition) is 7. The molecule has 0 amide bonds. The largest absolute Gasteiger partial charge is 0.507 e. The molecule has 0 radical (unpaired) electrons. The van der Waals surface area contributed by atoms with Gasteiger partial charge in [-0.2, -0.15) is 0 Å². The van der Waals surface area contributed by atoms with Crippen LogP contribution in [0.1, 0.15) is 24.3 Å². The Morgan fingerprint density at radius 3 is 2.68 bits per heavy atom. The molecule has 9 heteroatoms. The highest BCUT2D eigenvalue weighted by molar-refractivity contribution is 7.15. The molecule has 1 unspecified atom stereocenters. The van der Waals surface area contributed by atoms with Crippen LogP contribution in [0.5, 0.6) is 5.75 Å². The van der Waals surface area contributed by atoms with Gasteiger partial charge >= 0.3 is 0 Å². The van der Waals surface area contributed by atoms with Gasteiger partial charge in [-0.15, -0.1) is 21.5 Å². The summed E-state index contributed by atoms with van der Waals surface area (Å²) in [7, 11) is 0. The van der Waals surface area contributed by atoms with Gasteiger partial charge < -0.3 is 15.3 Å². The van der Waals surface area contributed by atoms with E-state index in [1.54, 1.807) is 12.3 Å². The van der Waals surface area contributed by atoms with Crippen molar-refractivity contribution in [2.24, 2.45) is 0 Å². The Kier molecular flexibility index (Phi) is 5.31. The number of alkyl halides is 1. The maximum atomic E-state index is 14.7. The summed E-state index contributed by atoms with van der Waals surface area (Å²) in [5.74, 6) is 0.241. The van der Waals surface area contributed by atoms with Gasteiger partial charge in [0.15, 0.2) is 5.82 Å². The quantitative estimate of drug-likeness (QED) is 0.619. The zero-order chi connectivity index (χ0) is 21.5. The summed E-state index contributed by atoms with van der Waals surface area (Å²) in [6.45, 7) is 3.49. The SMILES string of the molecule is Cc1ncc(-c2cc(O)c(-c3ccc(N4CCC(N[C@H]5C[C@H](F)C5)C4)nn3)cc2F)s1. The molecule has 3 aromatic rings. The molecule has 2 fully saturated rings. The molecule has 1 saturated heterocycles. The van der Waals surface area contributed by atoms with E-state index < -0.39 is 12.0 Å². The molecule has 2 N–H and O–H groups in total. The van der Waals surface area contributed by atoms with Gasteiger partial charge in [-0.05, 0) is 50.5 Å². The highest BCUT2D eigenvalue weighted by Crippen LogP contribution is 2.37. The number of benzene rings is 1. The Hall–Kier alpha value is -2.65. The fourth-order valence-corrected chi connectivity index (χ4v) is 5.00. The second-order valence-corrected chi connectivity index (χ2v) is 9.47. The van der Waals surface area contributed by atoms with E-state index in [9.17, 15) is 13.9 Å². The van der Waals surface area contributed by atoms with Crippen molar-refractivity contribution >= 4 is 17.2 Å². The number of halogens is 2.